The Morgan fingerprint density at radius 2 is 1.41 bits per heavy atom. The molecule has 0 radical (unpaired) electrons. The summed E-state index contributed by atoms with van der Waals surface area (Å²) in [6, 6.07) is 29.2. The van der Waals surface area contributed by atoms with Crippen LogP contribution in [0.5, 0.6) is 0 Å². The Kier molecular flexibility index (Phi) is 4.62. The van der Waals surface area contributed by atoms with Crippen LogP contribution in [-0.2, 0) is 14.3 Å². The van der Waals surface area contributed by atoms with Crippen molar-refractivity contribution in [3.05, 3.63) is 108 Å². The number of esters is 1. The van der Waals surface area contributed by atoms with Crippen LogP contribution in [0.3, 0.4) is 0 Å². The summed E-state index contributed by atoms with van der Waals surface area (Å²) in [5.41, 5.74) is 3.03. The van der Waals surface area contributed by atoms with Crippen molar-refractivity contribution in [2.75, 3.05) is 12.0 Å². The van der Waals surface area contributed by atoms with Crippen molar-refractivity contribution in [3.63, 3.8) is 0 Å². The number of hydrogen-bond donors (Lipinski definition) is 0. The lowest BCUT2D eigenvalue weighted by molar-refractivity contribution is -0.136. The molecular formula is C23H19NO3. The van der Waals surface area contributed by atoms with E-state index in [1.807, 2.05) is 95.9 Å². The van der Waals surface area contributed by atoms with Crippen molar-refractivity contribution in [2.45, 2.75) is 6.23 Å². The maximum Gasteiger partial charge on any atom is 0.358 e. The predicted molar refractivity (Wildman–Crippen MR) is 105 cm³/mol. The van der Waals surface area contributed by atoms with Crippen LogP contribution >= 0.6 is 0 Å². The minimum absolute atomic E-state index is 0.392. The van der Waals surface area contributed by atoms with Gasteiger partial charge in [0.2, 0.25) is 6.23 Å². The molecule has 1 unspecified atom stereocenters. The van der Waals surface area contributed by atoms with Crippen molar-refractivity contribution >= 4 is 17.4 Å². The fourth-order valence-electron chi connectivity index (χ4n) is 3.22. The van der Waals surface area contributed by atoms with Crippen molar-refractivity contribution in [3.8, 4) is 0 Å². The van der Waals surface area contributed by atoms with Gasteiger partial charge >= 0.3 is 5.97 Å². The summed E-state index contributed by atoms with van der Waals surface area (Å²) in [4.78, 5) is 14.6. The number of methoxy groups -OCH3 is 1. The number of carbonyl (C=O) groups is 1. The van der Waals surface area contributed by atoms with Gasteiger partial charge < -0.3 is 9.47 Å². The zero-order chi connectivity index (χ0) is 18.6. The first kappa shape index (κ1) is 16.9. The first-order valence-electron chi connectivity index (χ1n) is 8.73. The minimum Gasteiger partial charge on any atom is -0.464 e. The Hall–Kier alpha value is -3.53. The van der Waals surface area contributed by atoms with Crippen LogP contribution in [0, 0.1) is 0 Å². The number of rotatable bonds is 4. The van der Waals surface area contributed by atoms with E-state index in [2.05, 4.69) is 0 Å². The normalized spacial score (nSPS) is 16.2. The Morgan fingerprint density at radius 1 is 0.852 bits per heavy atom. The first-order chi connectivity index (χ1) is 13.3. The largest absolute Gasteiger partial charge is 0.464 e. The van der Waals surface area contributed by atoms with Gasteiger partial charge in [-0.25, -0.2) is 4.79 Å². The summed E-state index contributed by atoms with van der Waals surface area (Å²) >= 11 is 0. The van der Waals surface area contributed by atoms with Gasteiger partial charge in [0.1, 0.15) is 0 Å². The zero-order valence-electron chi connectivity index (χ0n) is 14.9. The molecule has 0 fully saturated rings. The van der Waals surface area contributed by atoms with E-state index in [-0.39, 0.29) is 0 Å². The Morgan fingerprint density at radius 3 is 2.00 bits per heavy atom. The summed E-state index contributed by atoms with van der Waals surface area (Å²) in [6.07, 6.45) is -0.460. The average molecular weight is 357 g/mol. The van der Waals surface area contributed by atoms with Gasteiger partial charge in [-0.1, -0.05) is 78.9 Å². The van der Waals surface area contributed by atoms with Gasteiger partial charge in [-0.2, -0.15) is 0 Å². The molecule has 1 aliphatic heterocycles. The molecule has 4 nitrogen and oxygen atoms in total. The summed E-state index contributed by atoms with van der Waals surface area (Å²) in [5, 5.41) is 0. The highest BCUT2D eigenvalue weighted by Gasteiger charge is 2.40. The van der Waals surface area contributed by atoms with Gasteiger partial charge in [0.15, 0.2) is 11.5 Å². The highest BCUT2D eigenvalue weighted by molar-refractivity contribution is 6.01. The van der Waals surface area contributed by atoms with E-state index in [1.54, 1.807) is 0 Å². The Balaban J connectivity index is 1.91. The molecule has 1 heterocycles. The smallest absolute Gasteiger partial charge is 0.358 e. The number of carbonyl (C=O) groups excluding carboxylic acids is 1. The summed E-state index contributed by atoms with van der Waals surface area (Å²) < 4.78 is 11.4. The molecule has 4 heteroatoms. The van der Waals surface area contributed by atoms with E-state index in [4.69, 9.17) is 9.47 Å². The number of nitrogens with zero attached hydrogens (tertiary/aromatic N) is 1. The van der Waals surface area contributed by atoms with Crippen LogP contribution in [-0.4, -0.2) is 13.1 Å². The highest BCUT2D eigenvalue weighted by Crippen LogP contribution is 2.44. The maximum absolute atomic E-state index is 12.8. The third-order valence-corrected chi connectivity index (χ3v) is 4.45. The second-order valence-corrected chi connectivity index (χ2v) is 6.12. The summed E-state index contributed by atoms with van der Waals surface area (Å²) in [5.74, 6) is 0.0799. The lowest BCUT2D eigenvalue weighted by atomic mass is 10.1. The lowest BCUT2D eigenvalue weighted by Gasteiger charge is -2.27. The van der Waals surface area contributed by atoms with Crippen LogP contribution in [0.4, 0.5) is 5.69 Å². The van der Waals surface area contributed by atoms with Gasteiger partial charge in [0.05, 0.1) is 7.11 Å². The third kappa shape index (κ3) is 3.17. The molecule has 4 rings (SSSR count). The number of hydrogen-bond acceptors (Lipinski definition) is 4. The van der Waals surface area contributed by atoms with Gasteiger partial charge in [0.25, 0.3) is 0 Å². The molecule has 134 valence electrons. The summed E-state index contributed by atoms with van der Waals surface area (Å²) in [7, 11) is 1.39. The standard InChI is InChI=1S/C23H19NO3/c1-26-23(25)20-21(17-11-5-2-6-12-17)27-22(18-13-7-3-8-14-18)24(20)19-15-9-4-10-16-19/h2-16,22H,1H3. The topological polar surface area (TPSA) is 38.8 Å². The molecule has 0 aliphatic carbocycles. The second-order valence-electron chi connectivity index (χ2n) is 6.12. The van der Waals surface area contributed by atoms with Crippen LogP contribution in [0.1, 0.15) is 17.4 Å². The van der Waals surface area contributed by atoms with Crippen LogP contribution in [0.2, 0.25) is 0 Å². The number of benzene rings is 3. The highest BCUT2D eigenvalue weighted by atomic mass is 16.5. The molecular weight excluding hydrogens is 338 g/mol. The quantitative estimate of drug-likeness (QED) is 0.631. The van der Waals surface area contributed by atoms with E-state index in [0.717, 1.165) is 16.8 Å². The van der Waals surface area contributed by atoms with Crippen molar-refractivity contribution in [1.29, 1.82) is 0 Å². The molecule has 0 saturated carbocycles. The molecule has 0 bridgehead atoms. The van der Waals surface area contributed by atoms with E-state index < -0.39 is 12.2 Å². The fourth-order valence-corrected chi connectivity index (χ4v) is 3.22. The van der Waals surface area contributed by atoms with Crippen molar-refractivity contribution in [2.24, 2.45) is 0 Å². The van der Waals surface area contributed by atoms with E-state index in [0.29, 0.717) is 11.5 Å². The monoisotopic (exact) mass is 357 g/mol. The van der Waals surface area contributed by atoms with E-state index in [9.17, 15) is 4.79 Å². The molecule has 0 amide bonds. The molecule has 3 aromatic carbocycles. The van der Waals surface area contributed by atoms with Crippen LogP contribution in [0.25, 0.3) is 5.76 Å². The van der Waals surface area contributed by atoms with E-state index in [1.165, 1.54) is 7.11 Å². The van der Waals surface area contributed by atoms with E-state index >= 15 is 0 Å². The van der Waals surface area contributed by atoms with Gasteiger partial charge in [-0.05, 0) is 12.1 Å². The lowest BCUT2D eigenvalue weighted by Crippen LogP contribution is -2.28. The third-order valence-electron chi connectivity index (χ3n) is 4.45. The van der Waals surface area contributed by atoms with Gasteiger partial charge in [-0.15, -0.1) is 0 Å². The first-order valence-corrected chi connectivity index (χ1v) is 8.73. The molecule has 3 aromatic rings. The van der Waals surface area contributed by atoms with Crippen molar-refractivity contribution < 1.29 is 14.3 Å². The molecule has 0 saturated heterocycles. The van der Waals surface area contributed by atoms with Gasteiger partial charge in [-0.3, -0.25) is 4.90 Å². The Bertz CT molecular complexity index is 953. The van der Waals surface area contributed by atoms with Gasteiger partial charge in [0, 0.05) is 16.8 Å². The molecule has 0 N–H and O–H groups in total. The molecule has 1 aliphatic rings. The second kappa shape index (κ2) is 7.38. The number of para-hydroxylation sites is 1. The maximum atomic E-state index is 12.8. The number of ether oxygens (including phenoxy) is 2. The summed E-state index contributed by atoms with van der Waals surface area (Å²) in [6.45, 7) is 0. The predicted octanol–water partition coefficient (Wildman–Crippen LogP) is 4.76. The molecule has 0 aromatic heterocycles. The molecule has 0 spiro atoms. The Labute approximate surface area is 158 Å². The number of anilines is 1. The minimum atomic E-state index is -0.460. The zero-order valence-corrected chi connectivity index (χ0v) is 14.9. The molecule has 1 atom stereocenters. The molecule has 27 heavy (non-hydrogen) atoms. The van der Waals surface area contributed by atoms with Crippen LogP contribution < -0.4 is 4.90 Å². The average Bonchev–Trinajstić information content (AvgIpc) is 3.16. The van der Waals surface area contributed by atoms with Crippen LogP contribution in [0.15, 0.2) is 96.7 Å². The SMILES string of the molecule is COC(=O)C1=C(c2ccccc2)OC(c2ccccc2)N1c1ccccc1. The fraction of sp³-hybridized carbons (Fsp3) is 0.0870. The van der Waals surface area contributed by atoms with Crippen molar-refractivity contribution in [1.82, 2.24) is 0 Å².